The smallest absolute Gasteiger partial charge is 0.262 e. The number of fused-ring (bicyclic) bond motifs is 1. The molecule has 1 saturated carbocycles. The number of hydrogen-bond acceptors (Lipinski definition) is 5. The van der Waals surface area contributed by atoms with E-state index in [2.05, 4.69) is 11.9 Å². The number of amides is 1. The Bertz CT molecular complexity index is 879. The molecule has 0 aromatic carbocycles. The largest absolute Gasteiger partial charge is 0.342 e. The lowest BCUT2D eigenvalue weighted by molar-refractivity contribution is -0.129. The zero-order valence-corrected chi connectivity index (χ0v) is 17.8. The minimum Gasteiger partial charge on any atom is -0.342 e. The van der Waals surface area contributed by atoms with Gasteiger partial charge in [0.05, 0.1) is 11.1 Å². The zero-order valence-electron chi connectivity index (χ0n) is 16.2. The standard InChI is InChI=1S/C19H27N3O2S2/c1-11-6-8-14(9-7-11)21(4)15(23)10-25-19-20-17-16(18(24)22(19)5)12(2)13(3)26-17/h11,14H,6-10H2,1-5H3. The van der Waals surface area contributed by atoms with Crippen LogP contribution in [-0.2, 0) is 11.8 Å². The van der Waals surface area contributed by atoms with Crippen molar-refractivity contribution in [2.45, 2.75) is 57.7 Å². The summed E-state index contributed by atoms with van der Waals surface area (Å²) in [6.07, 6.45) is 4.56. The second kappa shape index (κ2) is 7.72. The van der Waals surface area contributed by atoms with E-state index < -0.39 is 0 Å². The highest BCUT2D eigenvalue weighted by molar-refractivity contribution is 7.99. The maximum Gasteiger partial charge on any atom is 0.262 e. The molecule has 0 spiro atoms. The predicted octanol–water partition coefficient (Wildman–Crippen LogP) is 3.74. The number of carbonyl (C=O) groups is 1. The van der Waals surface area contributed by atoms with Gasteiger partial charge in [-0.25, -0.2) is 4.98 Å². The normalized spacial score (nSPS) is 20.5. The topological polar surface area (TPSA) is 55.2 Å². The molecule has 3 rings (SSSR count). The van der Waals surface area contributed by atoms with Crippen LogP contribution in [0.25, 0.3) is 10.2 Å². The molecule has 0 aliphatic heterocycles. The highest BCUT2D eigenvalue weighted by Gasteiger charge is 2.25. The van der Waals surface area contributed by atoms with Crippen LogP contribution in [0, 0.1) is 19.8 Å². The Morgan fingerprint density at radius 3 is 2.62 bits per heavy atom. The van der Waals surface area contributed by atoms with Gasteiger partial charge in [-0.05, 0) is 51.0 Å². The molecule has 1 fully saturated rings. The van der Waals surface area contributed by atoms with Gasteiger partial charge in [0.25, 0.3) is 5.56 Å². The first-order valence-electron chi connectivity index (χ1n) is 9.14. The third kappa shape index (κ3) is 3.69. The van der Waals surface area contributed by atoms with Gasteiger partial charge in [0, 0.05) is 25.0 Å². The molecular formula is C19H27N3O2S2. The third-order valence-electron chi connectivity index (χ3n) is 5.62. The van der Waals surface area contributed by atoms with Crippen molar-refractivity contribution in [3.05, 3.63) is 20.8 Å². The summed E-state index contributed by atoms with van der Waals surface area (Å²) in [4.78, 5) is 33.7. The van der Waals surface area contributed by atoms with Crippen LogP contribution in [0.4, 0.5) is 0 Å². The van der Waals surface area contributed by atoms with Crippen LogP contribution >= 0.6 is 23.1 Å². The summed E-state index contributed by atoms with van der Waals surface area (Å²) in [6.45, 7) is 6.26. The molecule has 142 valence electrons. The quantitative estimate of drug-likeness (QED) is 0.586. The Kier molecular flexibility index (Phi) is 5.77. The Labute approximate surface area is 162 Å². The van der Waals surface area contributed by atoms with Crippen LogP contribution < -0.4 is 5.56 Å². The van der Waals surface area contributed by atoms with Crippen LogP contribution in [0.3, 0.4) is 0 Å². The average Bonchev–Trinajstić information content (AvgIpc) is 2.90. The number of nitrogens with zero attached hydrogens (tertiary/aromatic N) is 3. The summed E-state index contributed by atoms with van der Waals surface area (Å²) in [7, 11) is 3.64. The van der Waals surface area contributed by atoms with E-state index in [9.17, 15) is 9.59 Å². The SMILES string of the molecule is Cc1sc2nc(SCC(=O)N(C)C3CCC(C)CC3)n(C)c(=O)c2c1C. The van der Waals surface area contributed by atoms with Crippen molar-refractivity contribution in [2.24, 2.45) is 13.0 Å². The van der Waals surface area contributed by atoms with E-state index in [-0.39, 0.29) is 11.5 Å². The van der Waals surface area contributed by atoms with E-state index in [4.69, 9.17) is 0 Å². The molecule has 0 atom stereocenters. The van der Waals surface area contributed by atoms with Gasteiger partial charge in [-0.1, -0.05) is 18.7 Å². The molecule has 1 aliphatic rings. The highest BCUT2D eigenvalue weighted by Crippen LogP contribution is 2.29. The number of thioether (sulfide) groups is 1. The first-order chi connectivity index (χ1) is 12.3. The van der Waals surface area contributed by atoms with Gasteiger partial charge in [-0.15, -0.1) is 11.3 Å². The van der Waals surface area contributed by atoms with Crippen LogP contribution in [0.1, 0.15) is 43.0 Å². The molecule has 26 heavy (non-hydrogen) atoms. The lowest BCUT2D eigenvalue weighted by Gasteiger charge is -2.33. The number of carbonyl (C=O) groups excluding carboxylic acids is 1. The second-order valence-electron chi connectivity index (χ2n) is 7.43. The zero-order chi connectivity index (χ0) is 19.0. The van der Waals surface area contributed by atoms with Crippen molar-refractivity contribution in [1.82, 2.24) is 14.5 Å². The first kappa shape index (κ1) is 19.4. The van der Waals surface area contributed by atoms with E-state index in [1.807, 2.05) is 25.8 Å². The Balaban J connectivity index is 1.72. The summed E-state index contributed by atoms with van der Waals surface area (Å²) < 4.78 is 1.57. The Hall–Kier alpha value is -1.34. The van der Waals surface area contributed by atoms with Crippen LogP contribution in [0.15, 0.2) is 9.95 Å². The summed E-state index contributed by atoms with van der Waals surface area (Å²) in [5.74, 6) is 1.20. The molecule has 2 aromatic heterocycles. The van der Waals surface area contributed by atoms with Gasteiger partial charge in [0.15, 0.2) is 5.16 Å². The van der Waals surface area contributed by atoms with Crippen LogP contribution in [0.2, 0.25) is 0 Å². The fourth-order valence-corrected chi connectivity index (χ4v) is 5.51. The summed E-state index contributed by atoms with van der Waals surface area (Å²) >= 11 is 2.91. The van der Waals surface area contributed by atoms with Crippen LogP contribution in [0.5, 0.6) is 0 Å². The number of hydrogen-bond donors (Lipinski definition) is 0. The van der Waals surface area contributed by atoms with Crippen molar-refractivity contribution in [2.75, 3.05) is 12.8 Å². The number of aryl methyl sites for hydroxylation is 2. The van der Waals surface area contributed by atoms with E-state index in [1.165, 1.54) is 24.6 Å². The van der Waals surface area contributed by atoms with E-state index in [1.54, 1.807) is 23.0 Å². The van der Waals surface area contributed by atoms with Gasteiger partial charge in [0.1, 0.15) is 4.83 Å². The van der Waals surface area contributed by atoms with Crippen molar-refractivity contribution < 1.29 is 4.79 Å². The molecule has 0 radical (unpaired) electrons. The van der Waals surface area contributed by atoms with Crippen molar-refractivity contribution >= 4 is 39.2 Å². The summed E-state index contributed by atoms with van der Waals surface area (Å²) in [5, 5.41) is 1.32. The van der Waals surface area contributed by atoms with Gasteiger partial charge in [-0.2, -0.15) is 0 Å². The molecule has 0 saturated heterocycles. The molecular weight excluding hydrogens is 366 g/mol. The van der Waals surface area contributed by atoms with Gasteiger partial charge < -0.3 is 4.90 Å². The van der Waals surface area contributed by atoms with Crippen LogP contribution in [-0.4, -0.2) is 39.2 Å². The number of rotatable bonds is 4. The van der Waals surface area contributed by atoms with Crippen molar-refractivity contribution in [1.29, 1.82) is 0 Å². The second-order valence-corrected chi connectivity index (χ2v) is 9.57. The van der Waals surface area contributed by atoms with Crippen molar-refractivity contribution in [3.8, 4) is 0 Å². The van der Waals surface area contributed by atoms with Gasteiger partial charge >= 0.3 is 0 Å². The predicted molar refractivity (Wildman–Crippen MR) is 109 cm³/mol. The molecule has 1 aliphatic carbocycles. The number of thiophene rings is 1. The minimum atomic E-state index is -0.0265. The van der Waals surface area contributed by atoms with Gasteiger partial charge in [0.2, 0.25) is 5.91 Å². The lowest BCUT2D eigenvalue weighted by Crippen LogP contribution is -2.40. The van der Waals surface area contributed by atoms with Gasteiger partial charge in [-0.3, -0.25) is 14.2 Å². The van der Waals surface area contributed by atoms with E-state index in [0.29, 0.717) is 22.3 Å². The van der Waals surface area contributed by atoms with E-state index in [0.717, 1.165) is 34.0 Å². The van der Waals surface area contributed by atoms with Crippen molar-refractivity contribution in [3.63, 3.8) is 0 Å². The molecule has 7 heteroatoms. The fraction of sp³-hybridized carbons (Fsp3) is 0.632. The molecule has 0 unspecified atom stereocenters. The molecule has 2 aromatic rings. The fourth-order valence-electron chi connectivity index (χ4n) is 3.55. The molecule has 2 heterocycles. The monoisotopic (exact) mass is 393 g/mol. The summed E-state index contributed by atoms with van der Waals surface area (Å²) in [5.41, 5.74) is 0.985. The highest BCUT2D eigenvalue weighted by atomic mass is 32.2. The number of aromatic nitrogens is 2. The third-order valence-corrected chi connectivity index (χ3v) is 7.74. The maximum atomic E-state index is 12.7. The lowest BCUT2D eigenvalue weighted by atomic mass is 9.87. The molecule has 5 nitrogen and oxygen atoms in total. The molecule has 1 amide bonds. The summed E-state index contributed by atoms with van der Waals surface area (Å²) in [6, 6.07) is 0.348. The Morgan fingerprint density at radius 1 is 1.31 bits per heavy atom. The maximum absolute atomic E-state index is 12.7. The average molecular weight is 394 g/mol. The minimum absolute atomic E-state index is 0.0265. The van der Waals surface area contributed by atoms with E-state index >= 15 is 0 Å². The molecule has 0 N–H and O–H groups in total. The first-order valence-corrected chi connectivity index (χ1v) is 10.9. The Morgan fingerprint density at radius 2 is 1.96 bits per heavy atom. The molecule has 0 bridgehead atoms.